The molecule has 0 saturated heterocycles. The highest BCUT2D eigenvalue weighted by molar-refractivity contribution is 9.10. The Morgan fingerprint density at radius 1 is 1.29 bits per heavy atom. The molecule has 2 rings (SSSR count). The zero-order valence-corrected chi connectivity index (χ0v) is 10.4. The number of hydrogen-bond donors (Lipinski definition) is 1. The molecule has 2 aromatic rings. The Hall–Kier alpha value is -1.46. The normalized spacial score (nSPS) is 10.3. The monoisotopic (exact) mass is 296 g/mol. The maximum absolute atomic E-state index is 13.4. The predicted octanol–water partition coefficient (Wildman–Crippen LogP) is 3.23. The number of nitrogens with zero attached hydrogens (tertiary/aromatic N) is 1. The summed E-state index contributed by atoms with van der Waals surface area (Å²) in [6, 6.07) is 7.93. The van der Waals surface area contributed by atoms with Gasteiger partial charge in [0.2, 0.25) is 5.88 Å². The van der Waals surface area contributed by atoms with Gasteiger partial charge in [-0.1, -0.05) is 22.0 Å². The van der Waals surface area contributed by atoms with Crippen LogP contribution >= 0.6 is 15.9 Å². The topological polar surface area (TPSA) is 48.1 Å². The summed E-state index contributed by atoms with van der Waals surface area (Å²) in [4.78, 5) is 4.03. The van der Waals surface area contributed by atoms with Crippen molar-refractivity contribution in [3.05, 3.63) is 52.4 Å². The first-order valence-corrected chi connectivity index (χ1v) is 5.76. The Bertz CT molecular complexity index is 516. The number of nitrogens with two attached hydrogens (primary N) is 1. The van der Waals surface area contributed by atoms with Gasteiger partial charge in [0.25, 0.3) is 0 Å². The SMILES string of the molecule is NCc1ccc(Oc2cc(Br)ccc2F)nc1. The van der Waals surface area contributed by atoms with E-state index in [9.17, 15) is 4.39 Å². The molecule has 0 unspecified atom stereocenters. The number of hydrogen-bond acceptors (Lipinski definition) is 3. The Morgan fingerprint density at radius 3 is 2.76 bits per heavy atom. The lowest BCUT2D eigenvalue weighted by molar-refractivity contribution is 0.427. The van der Waals surface area contributed by atoms with E-state index in [-0.39, 0.29) is 5.75 Å². The first kappa shape index (κ1) is 12.0. The van der Waals surface area contributed by atoms with Gasteiger partial charge in [0.15, 0.2) is 11.6 Å². The molecule has 0 saturated carbocycles. The molecule has 0 fully saturated rings. The number of rotatable bonds is 3. The van der Waals surface area contributed by atoms with E-state index in [0.717, 1.165) is 10.0 Å². The van der Waals surface area contributed by atoms with Crippen LogP contribution in [-0.2, 0) is 6.54 Å². The minimum atomic E-state index is -0.432. The minimum Gasteiger partial charge on any atom is -0.436 e. The molecular formula is C12H10BrFN2O. The van der Waals surface area contributed by atoms with Gasteiger partial charge in [-0.3, -0.25) is 0 Å². The summed E-state index contributed by atoms with van der Waals surface area (Å²) in [6.45, 7) is 0.415. The number of pyridine rings is 1. The average Bonchev–Trinajstić information content (AvgIpc) is 2.35. The molecule has 1 heterocycles. The van der Waals surface area contributed by atoms with Crippen LogP contribution in [0.5, 0.6) is 11.6 Å². The summed E-state index contributed by atoms with van der Waals surface area (Å²) in [5.74, 6) is 0.0319. The maximum Gasteiger partial charge on any atom is 0.219 e. The predicted molar refractivity (Wildman–Crippen MR) is 66.3 cm³/mol. The molecule has 17 heavy (non-hydrogen) atoms. The zero-order valence-electron chi connectivity index (χ0n) is 8.86. The summed E-state index contributed by atoms with van der Waals surface area (Å²) in [7, 11) is 0. The molecule has 5 heteroatoms. The second-order valence-electron chi connectivity index (χ2n) is 3.39. The molecule has 0 aliphatic carbocycles. The second kappa shape index (κ2) is 5.25. The molecule has 0 aliphatic rings. The van der Waals surface area contributed by atoms with E-state index in [4.69, 9.17) is 10.5 Å². The van der Waals surface area contributed by atoms with Crippen LogP contribution in [0, 0.1) is 5.82 Å². The van der Waals surface area contributed by atoms with E-state index < -0.39 is 5.82 Å². The van der Waals surface area contributed by atoms with Crippen molar-refractivity contribution in [3.8, 4) is 11.6 Å². The highest BCUT2D eigenvalue weighted by atomic mass is 79.9. The Balaban J connectivity index is 2.22. The quantitative estimate of drug-likeness (QED) is 0.946. The highest BCUT2D eigenvalue weighted by Crippen LogP contribution is 2.26. The molecular weight excluding hydrogens is 287 g/mol. The van der Waals surface area contributed by atoms with E-state index in [1.165, 1.54) is 6.07 Å². The van der Waals surface area contributed by atoms with Crippen molar-refractivity contribution in [2.75, 3.05) is 0 Å². The second-order valence-corrected chi connectivity index (χ2v) is 4.30. The van der Waals surface area contributed by atoms with Gasteiger partial charge in [-0.2, -0.15) is 0 Å². The molecule has 0 bridgehead atoms. The van der Waals surface area contributed by atoms with Crippen molar-refractivity contribution in [2.45, 2.75) is 6.54 Å². The molecule has 0 aliphatic heterocycles. The smallest absolute Gasteiger partial charge is 0.219 e. The van der Waals surface area contributed by atoms with Crippen LogP contribution in [0.1, 0.15) is 5.56 Å². The van der Waals surface area contributed by atoms with Gasteiger partial charge >= 0.3 is 0 Å². The molecule has 0 spiro atoms. The molecule has 0 atom stereocenters. The van der Waals surface area contributed by atoms with E-state index in [0.29, 0.717) is 12.4 Å². The van der Waals surface area contributed by atoms with E-state index in [1.807, 2.05) is 0 Å². The molecule has 1 aromatic heterocycles. The van der Waals surface area contributed by atoms with Crippen LogP contribution in [0.25, 0.3) is 0 Å². The highest BCUT2D eigenvalue weighted by Gasteiger charge is 2.06. The van der Waals surface area contributed by atoms with Crippen molar-refractivity contribution in [1.29, 1.82) is 0 Å². The first-order chi connectivity index (χ1) is 8.19. The van der Waals surface area contributed by atoms with Crippen LogP contribution in [-0.4, -0.2) is 4.98 Å². The van der Waals surface area contributed by atoms with Crippen LogP contribution in [0.15, 0.2) is 41.0 Å². The fraction of sp³-hybridized carbons (Fsp3) is 0.0833. The zero-order chi connectivity index (χ0) is 12.3. The lowest BCUT2D eigenvalue weighted by Crippen LogP contribution is -1.97. The standard InChI is InChI=1S/C12H10BrFN2O/c13-9-2-3-10(14)11(5-9)17-12-4-1-8(6-15)7-16-12/h1-5,7H,6,15H2. The van der Waals surface area contributed by atoms with Crippen LogP contribution < -0.4 is 10.5 Å². The summed E-state index contributed by atoms with van der Waals surface area (Å²) < 4.78 is 19.5. The van der Waals surface area contributed by atoms with E-state index in [2.05, 4.69) is 20.9 Å². The molecule has 1 aromatic carbocycles. The molecule has 3 nitrogen and oxygen atoms in total. The molecule has 2 N–H and O–H groups in total. The summed E-state index contributed by atoms with van der Waals surface area (Å²) in [5.41, 5.74) is 6.34. The third kappa shape index (κ3) is 3.01. The van der Waals surface area contributed by atoms with Crippen molar-refractivity contribution in [2.24, 2.45) is 5.73 Å². The third-order valence-corrected chi connectivity index (χ3v) is 2.63. The van der Waals surface area contributed by atoms with Gasteiger partial charge in [-0.05, 0) is 23.8 Å². The Labute approximate surface area is 107 Å². The summed E-state index contributed by atoms with van der Waals surface area (Å²) in [6.07, 6.45) is 1.60. The molecule has 88 valence electrons. The number of halogens is 2. The van der Waals surface area contributed by atoms with Crippen molar-refractivity contribution < 1.29 is 9.13 Å². The number of ether oxygens (including phenoxy) is 1. The largest absolute Gasteiger partial charge is 0.436 e. The fourth-order valence-corrected chi connectivity index (χ4v) is 1.60. The summed E-state index contributed by atoms with van der Waals surface area (Å²) in [5, 5.41) is 0. The van der Waals surface area contributed by atoms with Gasteiger partial charge in [0.1, 0.15) is 0 Å². The van der Waals surface area contributed by atoms with Gasteiger partial charge in [0, 0.05) is 23.3 Å². The maximum atomic E-state index is 13.4. The minimum absolute atomic E-state index is 0.132. The van der Waals surface area contributed by atoms with Gasteiger partial charge in [-0.15, -0.1) is 0 Å². The first-order valence-electron chi connectivity index (χ1n) is 4.97. The third-order valence-electron chi connectivity index (χ3n) is 2.14. The van der Waals surface area contributed by atoms with Gasteiger partial charge in [-0.25, -0.2) is 9.37 Å². The van der Waals surface area contributed by atoms with Crippen LogP contribution in [0.3, 0.4) is 0 Å². The van der Waals surface area contributed by atoms with E-state index >= 15 is 0 Å². The number of aromatic nitrogens is 1. The van der Waals surface area contributed by atoms with Gasteiger partial charge < -0.3 is 10.5 Å². The van der Waals surface area contributed by atoms with Crippen molar-refractivity contribution in [3.63, 3.8) is 0 Å². The van der Waals surface area contributed by atoms with E-state index in [1.54, 1.807) is 30.5 Å². The average molecular weight is 297 g/mol. The number of benzene rings is 1. The van der Waals surface area contributed by atoms with Gasteiger partial charge in [0.05, 0.1) is 0 Å². The fourth-order valence-electron chi connectivity index (χ4n) is 1.26. The van der Waals surface area contributed by atoms with Crippen molar-refractivity contribution >= 4 is 15.9 Å². The lowest BCUT2D eigenvalue weighted by Gasteiger charge is -2.06. The Kier molecular flexibility index (Phi) is 3.71. The molecule has 0 radical (unpaired) electrons. The molecule has 0 amide bonds. The van der Waals surface area contributed by atoms with Crippen molar-refractivity contribution in [1.82, 2.24) is 4.98 Å². The lowest BCUT2D eigenvalue weighted by atomic mass is 10.3. The van der Waals surface area contributed by atoms with Crippen LogP contribution in [0.2, 0.25) is 0 Å². The van der Waals surface area contributed by atoms with Crippen LogP contribution in [0.4, 0.5) is 4.39 Å². The summed E-state index contributed by atoms with van der Waals surface area (Å²) >= 11 is 3.25. The Morgan fingerprint density at radius 2 is 2.12 bits per heavy atom.